The maximum absolute atomic E-state index is 5.96. The summed E-state index contributed by atoms with van der Waals surface area (Å²) in [6.07, 6.45) is 2.27. The highest BCUT2D eigenvalue weighted by atomic mass is 16.5. The fourth-order valence-electron chi connectivity index (χ4n) is 2.58. The van der Waals surface area contributed by atoms with Crippen molar-refractivity contribution in [2.75, 3.05) is 40.0 Å². The first-order valence-corrected chi connectivity index (χ1v) is 9.05. The predicted molar refractivity (Wildman–Crippen MR) is 100 cm³/mol. The highest BCUT2D eigenvalue weighted by Gasteiger charge is 2.15. The molecule has 1 aromatic rings. The Bertz CT molecular complexity index is 530. The lowest BCUT2D eigenvalue weighted by Gasteiger charge is -2.19. The minimum Gasteiger partial charge on any atom is -0.489 e. The van der Waals surface area contributed by atoms with E-state index in [0.717, 1.165) is 56.5 Å². The molecule has 25 heavy (non-hydrogen) atoms. The van der Waals surface area contributed by atoms with E-state index in [-0.39, 0.29) is 12.2 Å². The van der Waals surface area contributed by atoms with E-state index in [2.05, 4.69) is 28.6 Å². The molecule has 1 aliphatic heterocycles. The van der Waals surface area contributed by atoms with Crippen molar-refractivity contribution >= 4 is 5.96 Å². The Kier molecular flexibility index (Phi) is 8.55. The molecule has 2 N–H and O–H groups in total. The van der Waals surface area contributed by atoms with E-state index >= 15 is 0 Å². The summed E-state index contributed by atoms with van der Waals surface area (Å²) < 4.78 is 17.0. The van der Waals surface area contributed by atoms with Crippen LogP contribution in [0.1, 0.15) is 25.3 Å². The average molecular weight is 349 g/mol. The average Bonchev–Trinajstić information content (AvgIpc) is 3.13. The summed E-state index contributed by atoms with van der Waals surface area (Å²) in [5.74, 6) is 1.71. The van der Waals surface area contributed by atoms with E-state index in [9.17, 15) is 0 Å². The fourth-order valence-corrected chi connectivity index (χ4v) is 2.58. The lowest BCUT2D eigenvalue weighted by Crippen LogP contribution is -2.42. The van der Waals surface area contributed by atoms with Gasteiger partial charge in [0.1, 0.15) is 11.9 Å². The number of guanidine groups is 1. The second-order valence-corrected chi connectivity index (χ2v) is 6.28. The monoisotopic (exact) mass is 349 g/mol. The zero-order valence-corrected chi connectivity index (χ0v) is 15.6. The minimum absolute atomic E-state index is 0.0466. The molecule has 1 fully saturated rings. The fraction of sp³-hybridized carbons (Fsp3) is 0.632. The molecular formula is C19H31N3O3. The smallest absolute Gasteiger partial charge is 0.191 e. The van der Waals surface area contributed by atoms with E-state index in [1.165, 1.54) is 0 Å². The molecule has 0 saturated carbocycles. The van der Waals surface area contributed by atoms with Gasteiger partial charge in [-0.3, -0.25) is 4.99 Å². The van der Waals surface area contributed by atoms with Gasteiger partial charge < -0.3 is 24.8 Å². The van der Waals surface area contributed by atoms with Gasteiger partial charge in [0.25, 0.3) is 0 Å². The maximum atomic E-state index is 5.96. The zero-order chi connectivity index (χ0) is 17.9. The normalized spacial score (nSPS) is 18.8. The van der Waals surface area contributed by atoms with Gasteiger partial charge in [-0.1, -0.05) is 18.2 Å². The third kappa shape index (κ3) is 7.32. The Hall–Kier alpha value is -1.79. The van der Waals surface area contributed by atoms with Crippen molar-refractivity contribution in [3.05, 3.63) is 29.8 Å². The van der Waals surface area contributed by atoms with Crippen molar-refractivity contribution in [1.82, 2.24) is 10.6 Å². The molecule has 1 saturated heterocycles. The molecule has 1 aromatic carbocycles. The number of aryl methyl sites for hydroxylation is 1. The third-order valence-corrected chi connectivity index (χ3v) is 4.06. The predicted octanol–water partition coefficient (Wildman–Crippen LogP) is 2.12. The third-order valence-electron chi connectivity index (χ3n) is 4.06. The molecule has 2 rings (SSSR count). The minimum atomic E-state index is 0.0466. The number of aliphatic imine (C=N–C) groups is 1. The molecule has 0 spiro atoms. The Morgan fingerprint density at radius 1 is 1.36 bits per heavy atom. The van der Waals surface area contributed by atoms with Crippen LogP contribution in [0.15, 0.2) is 29.3 Å². The Morgan fingerprint density at radius 3 is 2.92 bits per heavy atom. The SMILES string of the molecule is CN=C(NCCCOC1CCOC1)NCC(C)Oc1ccccc1C. The number of benzene rings is 1. The Morgan fingerprint density at radius 2 is 2.20 bits per heavy atom. The van der Waals surface area contributed by atoms with Gasteiger partial charge >= 0.3 is 0 Å². The first kappa shape index (κ1) is 19.5. The van der Waals surface area contributed by atoms with Crippen LogP contribution in [0.3, 0.4) is 0 Å². The highest BCUT2D eigenvalue weighted by Crippen LogP contribution is 2.17. The van der Waals surface area contributed by atoms with Crippen molar-refractivity contribution in [3.63, 3.8) is 0 Å². The molecule has 0 radical (unpaired) electrons. The van der Waals surface area contributed by atoms with Crippen molar-refractivity contribution in [2.24, 2.45) is 4.99 Å². The van der Waals surface area contributed by atoms with Crippen LogP contribution in [0.2, 0.25) is 0 Å². The van der Waals surface area contributed by atoms with Crippen molar-refractivity contribution < 1.29 is 14.2 Å². The standard InChI is InChI=1S/C19H31N3O3/c1-15-7-4-5-8-18(15)25-16(2)13-22-19(20-3)21-10-6-11-24-17-9-12-23-14-17/h4-5,7-8,16-17H,6,9-14H2,1-3H3,(H2,20,21,22). The summed E-state index contributed by atoms with van der Waals surface area (Å²) in [4.78, 5) is 4.24. The van der Waals surface area contributed by atoms with Crippen LogP contribution in [-0.2, 0) is 9.47 Å². The van der Waals surface area contributed by atoms with Gasteiger partial charge in [-0.25, -0.2) is 0 Å². The van der Waals surface area contributed by atoms with E-state index in [1.54, 1.807) is 7.05 Å². The van der Waals surface area contributed by atoms with E-state index in [4.69, 9.17) is 14.2 Å². The Labute approximate surface area is 151 Å². The number of hydrogen-bond acceptors (Lipinski definition) is 4. The van der Waals surface area contributed by atoms with Crippen LogP contribution in [0.25, 0.3) is 0 Å². The van der Waals surface area contributed by atoms with Gasteiger partial charge in [0, 0.05) is 26.8 Å². The number of rotatable bonds is 9. The van der Waals surface area contributed by atoms with E-state index < -0.39 is 0 Å². The number of para-hydroxylation sites is 1. The van der Waals surface area contributed by atoms with Crippen molar-refractivity contribution in [3.8, 4) is 5.75 Å². The molecule has 6 heteroatoms. The quantitative estimate of drug-likeness (QED) is 0.406. The molecular weight excluding hydrogens is 318 g/mol. The van der Waals surface area contributed by atoms with Gasteiger partial charge in [-0.05, 0) is 38.3 Å². The number of nitrogens with zero attached hydrogens (tertiary/aromatic N) is 1. The second kappa shape index (κ2) is 10.9. The van der Waals surface area contributed by atoms with Crippen LogP contribution in [0.5, 0.6) is 5.75 Å². The van der Waals surface area contributed by atoms with Crippen LogP contribution in [0.4, 0.5) is 0 Å². The lowest BCUT2D eigenvalue weighted by molar-refractivity contribution is 0.0420. The lowest BCUT2D eigenvalue weighted by atomic mass is 10.2. The number of nitrogens with one attached hydrogen (secondary N) is 2. The molecule has 0 amide bonds. The second-order valence-electron chi connectivity index (χ2n) is 6.28. The van der Waals surface area contributed by atoms with Gasteiger partial charge in [0.2, 0.25) is 0 Å². The Balaban J connectivity index is 1.58. The van der Waals surface area contributed by atoms with Gasteiger partial charge in [0.05, 0.1) is 19.3 Å². The number of hydrogen-bond donors (Lipinski definition) is 2. The van der Waals surface area contributed by atoms with Crippen LogP contribution in [0, 0.1) is 6.92 Å². The molecule has 2 unspecified atom stereocenters. The molecule has 0 aromatic heterocycles. The molecule has 2 atom stereocenters. The highest BCUT2D eigenvalue weighted by molar-refractivity contribution is 5.79. The molecule has 6 nitrogen and oxygen atoms in total. The summed E-state index contributed by atoms with van der Waals surface area (Å²) >= 11 is 0. The van der Waals surface area contributed by atoms with Crippen molar-refractivity contribution in [2.45, 2.75) is 38.9 Å². The van der Waals surface area contributed by atoms with E-state index in [1.807, 2.05) is 25.1 Å². The largest absolute Gasteiger partial charge is 0.489 e. The summed E-state index contributed by atoms with van der Waals surface area (Å²) in [6.45, 7) is 7.90. The van der Waals surface area contributed by atoms with Crippen LogP contribution >= 0.6 is 0 Å². The summed E-state index contributed by atoms with van der Waals surface area (Å²) in [6, 6.07) is 8.05. The molecule has 1 heterocycles. The van der Waals surface area contributed by atoms with Gasteiger partial charge in [-0.2, -0.15) is 0 Å². The maximum Gasteiger partial charge on any atom is 0.191 e. The van der Waals surface area contributed by atoms with Gasteiger partial charge in [0.15, 0.2) is 5.96 Å². The van der Waals surface area contributed by atoms with E-state index in [0.29, 0.717) is 6.54 Å². The summed E-state index contributed by atoms with van der Waals surface area (Å²) in [5.41, 5.74) is 1.14. The first-order valence-electron chi connectivity index (χ1n) is 9.05. The zero-order valence-electron chi connectivity index (χ0n) is 15.6. The summed E-state index contributed by atoms with van der Waals surface area (Å²) in [7, 11) is 1.77. The van der Waals surface area contributed by atoms with Gasteiger partial charge in [-0.15, -0.1) is 0 Å². The first-order chi connectivity index (χ1) is 12.2. The van der Waals surface area contributed by atoms with Crippen LogP contribution in [-0.4, -0.2) is 58.1 Å². The molecule has 0 aliphatic carbocycles. The summed E-state index contributed by atoms with van der Waals surface area (Å²) in [5, 5.41) is 6.59. The molecule has 140 valence electrons. The molecule has 0 bridgehead atoms. The molecule has 1 aliphatic rings. The number of ether oxygens (including phenoxy) is 3. The van der Waals surface area contributed by atoms with Crippen molar-refractivity contribution in [1.29, 1.82) is 0 Å². The van der Waals surface area contributed by atoms with Crippen LogP contribution < -0.4 is 15.4 Å². The topological polar surface area (TPSA) is 64.1 Å².